The summed E-state index contributed by atoms with van der Waals surface area (Å²) < 4.78 is 30.2. The highest BCUT2D eigenvalue weighted by molar-refractivity contribution is 7.89. The fourth-order valence-corrected chi connectivity index (χ4v) is 2.12. The molecule has 0 unspecified atom stereocenters. The molecule has 0 spiro atoms. The number of rotatable bonds is 6. The van der Waals surface area contributed by atoms with E-state index in [-0.39, 0.29) is 4.90 Å². The van der Waals surface area contributed by atoms with Crippen molar-refractivity contribution in [1.29, 1.82) is 0 Å². The highest BCUT2D eigenvalue weighted by atomic mass is 32.2. The van der Waals surface area contributed by atoms with Gasteiger partial charge < -0.3 is 10.5 Å². The van der Waals surface area contributed by atoms with E-state index in [0.717, 1.165) is 0 Å². The number of sulfonamides is 1. The molecule has 0 saturated carbocycles. The lowest BCUT2D eigenvalue weighted by Gasteiger charge is -2.10. The number of carbonyl (C=O) groups excluding carboxylic acids is 2. The Bertz CT molecular complexity index is 556. The SMILES string of the molecule is C[C@@H](OC(=O)CNS(=O)(=O)c1ccccc1)C(N)=O. The van der Waals surface area contributed by atoms with Gasteiger partial charge in [0.25, 0.3) is 5.91 Å². The van der Waals surface area contributed by atoms with Gasteiger partial charge >= 0.3 is 5.97 Å². The number of carbonyl (C=O) groups is 2. The molecule has 0 heterocycles. The number of benzene rings is 1. The van der Waals surface area contributed by atoms with E-state index < -0.39 is 34.5 Å². The Kier molecular flexibility index (Phi) is 5.02. The van der Waals surface area contributed by atoms with Crippen LogP contribution in [0.3, 0.4) is 0 Å². The van der Waals surface area contributed by atoms with Crippen LogP contribution in [-0.2, 0) is 24.3 Å². The Labute approximate surface area is 110 Å². The van der Waals surface area contributed by atoms with Gasteiger partial charge in [-0.05, 0) is 19.1 Å². The first-order valence-electron chi connectivity index (χ1n) is 5.36. The average Bonchev–Trinajstić information content (AvgIpc) is 2.37. The number of primary amides is 1. The molecular weight excluding hydrogens is 272 g/mol. The summed E-state index contributed by atoms with van der Waals surface area (Å²) in [4.78, 5) is 22.0. The molecule has 0 bridgehead atoms. The lowest BCUT2D eigenvalue weighted by atomic mass is 10.4. The van der Waals surface area contributed by atoms with Gasteiger partial charge in [-0.1, -0.05) is 18.2 Å². The third-order valence-corrected chi connectivity index (χ3v) is 3.59. The summed E-state index contributed by atoms with van der Waals surface area (Å²) in [5.74, 6) is -1.69. The minimum atomic E-state index is -3.78. The summed E-state index contributed by atoms with van der Waals surface area (Å²) in [6, 6.07) is 7.56. The van der Waals surface area contributed by atoms with E-state index in [1.165, 1.54) is 19.1 Å². The fraction of sp³-hybridized carbons (Fsp3) is 0.273. The zero-order chi connectivity index (χ0) is 14.5. The molecular formula is C11H14N2O5S. The molecule has 104 valence electrons. The van der Waals surface area contributed by atoms with Gasteiger partial charge in [0.15, 0.2) is 6.10 Å². The zero-order valence-corrected chi connectivity index (χ0v) is 11.0. The molecule has 0 radical (unpaired) electrons. The third-order valence-electron chi connectivity index (χ3n) is 2.17. The van der Waals surface area contributed by atoms with Gasteiger partial charge in [-0.3, -0.25) is 9.59 Å². The van der Waals surface area contributed by atoms with Crippen molar-refractivity contribution in [2.24, 2.45) is 5.73 Å². The van der Waals surface area contributed by atoms with E-state index in [1.54, 1.807) is 18.2 Å². The molecule has 0 saturated heterocycles. The van der Waals surface area contributed by atoms with Crippen LogP contribution in [0.4, 0.5) is 0 Å². The van der Waals surface area contributed by atoms with Crippen LogP contribution >= 0.6 is 0 Å². The van der Waals surface area contributed by atoms with E-state index in [0.29, 0.717) is 0 Å². The maximum atomic E-state index is 11.7. The summed E-state index contributed by atoms with van der Waals surface area (Å²) in [5, 5.41) is 0. The summed E-state index contributed by atoms with van der Waals surface area (Å²) in [5.41, 5.74) is 4.90. The number of hydrogen-bond donors (Lipinski definition) is 2. The van der Waals surface area contributed by atoms with Crippen molar-refractivity contribution in [3.63, 3.8) is 0 Å². The summed E-state index contributed by atoms with van der Waals surface area (Å²) in [6.45, 7) is 0.723. The number of ether oxygens (including phenoxy) is 1. The van der Waals surface area contributed by atoms with Crippen LogP contribution in [-0.4, -0.2) is 32.9 Å². The van der Waals surface area contributed by atoms with Crippen LogP contribution in [0.15, 0.2) is 35.2 Å². The van der Waals surface area contributed by atoms with Crippen molar-refractivity contribution >= 4 is 21.9 Å². The molecule has 1 aromatic carbocycles. The van der Waals surface area contributed by atoms with Crippen molar-refractivity contribution < 1.29 is 22.7 Å². The Hall–Kier alpha value is -1.93. The van der Waals surface area contributed by atoms with Crippen LogP contribution in [0, 0.1) is 0 Å². The maximum Gasteiger partial charge on any atom is 0.321 e. The Morgan fingerprint density at radius 1 is 1.32 bits per heavy atom. The maximum absolute atomic E-state index is 11.7. The third kappa shape index (κ3) is 4.68. The van der Waals surface area contributed by atoms with Crippen LogP contribution in [0.25, 0.3) is 0 Å². The van der Waals surface area contributed by atoms with Crippen molar-refractivity contribution in [3.05, 3.63) is 30.3 Å². The first-order valence-corrected chi connectivity index (χ1v) is 6.85. The largest absolute Gasteiger partial charge is 0.452 e. The minimum Gasteiger partial charge on any atom is -0.452 e. The second-order valence-corrected chi connectivity index (χ2v) is 5.44. The van der Waals surface area contributed by atoms with Crippen LogP contribution in [0.1, 0.15) is 6.92 Å². The normalized spacial score (nSPS) is 12.7. The van der Waals surface area contributed by atoms with E-state index in [9.17, 15) is 18.0 Å². The van der Waals surface area contributed by atoms with Gasteiger partial charge in [0.1, 0.15) is 6.54 Å². The minimum absolute atomic E-state index is 0.0331. The molecule has 19 heavy (non-hydrogen) atoms. The highest BCUT2D eigenvalue weighted by Gasteiger charge is 2.18. The molecule has 1 aromatic rings. The van der Waals surface area contributed by atoms with Crippen LogP contribution in [0.2, 0.25) is 0 Å². The Balaban J connectivity index is 2.57. The molecule has 1 atom stereocenters. The molecule has 0 fully saturated rings. The van der Waals surface area contributed by atoms with Crippen LogP contribution < -0.4 is 10.5 Å². The van der Waals surface area contributed by atoms with Crippen molar-refractivity contribution in [2.45, 2.75) is 17.9 Å². The molecule has 0 aromatic heterocycles. The number of esters is 1. The van der Waals surface area contributed by atoms with Gasteiger partial charge in [0, 0.05) is 0 Å². The van der Waals surface area contributed by atoms with Gasteiger partial charge in [0.2, 0.25) is 10.0 Å². The second kappa shape index (κ2) is 6.30. The van der Waals surface area contributed by atoms with Gasteiger partial charge in [-0.15, -0.1) is 0 Å². The van der Waals surface area contributed by atoms with Crippen molar-refractivity contribution in [3.8, 4) is 0 Å². The molecule has 8 heteroatoms. The number of nitrogens with one attached hydrogen (secondary N) is 1. The smallest absolute Gasteiger partial charge is 0.321 e. The van der Waals surface area contributed by atoms with Gasteiger partial charge in [0.05, 0.1) is 4.90 Å². The zero-order valence-electron chi connectivity index (χ0n) is 10.2. The van der Waals surface area contributed by atoms with Crippen LogP contribution in [0.5, 0.6) is 0 Å². The first-order chi connectivity index (χ1) is 8.83. The van der Waals surface area contributed by atoms with E-state index >= 15 is 0 Å². The van der Waals surface area contributed by atoms with Crippen molar-refractivity contribution in [2.75, 3.05) is 6.54 Å². The Morgan fingerprint density at radius 2 is 1.89 bits per heavy atom. The predicted octanol–water partition coefficient (Wildman–Crippen LogP) is -0.618. The Morgan fingerprint density at radius 3 is 2.42 bits per heavy atom. The lowest BCUT2D eigenvalue weighted by Crippen LogP contribution is -2.36. The number of nitrogens with two attached hydrogens (primary N) is 1. The van der Waals surface area contributed by atoms with Crippen molar-refractivity contribution in [1.82, 2.24) is 4.72 Å². The lowest BCUT2D eigenvalue weighted by molar-refractivity contribution is -0.152. The van der Waals surface area contributed by atoms with Gasteiger partial charge in [-0.2, -0.15) is 4.72 Å². The monoisotopic (exact) mass is 286 g/mol. The fourth-order valence-electron chi connectivity index (χ4n) is 1.13. The van der Waals surface area contributed by atoms with Gasteiger partial charge in [-0.25, -0.2) is 8.42 Å². The predicted molar refractivity (Wildman–Crippen MR) is 66.4 cm³/mol. The summed E-state index contributed by atoms with van der Waals surface area (Å²) >= 11 is 0. The second-order valence-electron chi connectivity index (χ2n) is 3.67. The quantitative estimate of drug-likeness (QED) is 0.676. The number of hydrogen-bond acceptors (Lipinski definition) is 5. The molecule has 0 aliphatic heterocycles. The van der Waals surface area contributed by atoms with E-state index in [1.807, 2.05) is 0 Å². The molecule has 1 amide bonds. The molecule has 0 aliphatic rings. The summed E-state index contributed by atoms with van der Waals surface area (Å²) in [7, 11) is -3.78. The highest BCUT2D eigenvalue weighted by Crippen LogP contribution is 2.06. The molecule has 0 aliphatic carbocycles. The molecule has 7 nitrogen and oxygen atoms in total. The van der Waals surface area contributed by atoms with E-state index in [4.69, 9.17) is 5.73 Å². The molecule has 3 N–H and O–H groups in total. The average molecular weight is 286 g/mol. The topological polar surface area (TPSA) is 116 Å². The summed E-state index contributed by atoms with van der Waals surface area (Å²) in [6.07, 6.45) is -1.10. The van der Waals surface area contributed by atoms with E-state index in [2.05, 4.69) is 9.46 Å². The first kappa shape index (κ1) is 15.1. The number of amides is 1. The standard InChI is InChI=1S/C11H14N2O5S/c1-8(11(12)15)18-10(14)7-13-19(16,17)9-5-3-2-4-6-9/h2-6,8,13H,7H2,1H3,(H2,12,15)/t8-/m1/s1. The molecule has 1 rings (SSSR count).